The molecule has 0 saturated carbocycles. The van der Waals surface area contributed by atoms with Crippen LogP contribution in [0.4, 0.5) is 5.69 Å². The molecule has 0 aliphatic carbocycles. The normalized spacial score (nSPS) is 16.0. The fourth-order valence-corrected chi connectivity index (χ4v) is 3.18. The maximum atomic E-state index is 5.73. The van der Waals surface area contributed by atoms with Gasteiger partial charge in [0.05, 0.1) is 19.7 Å². The molecule has 2 aromatic rings. The van der Waals surface area contributed by atoms with Gasteiger partial charge in [0.2, 0.25) is 0 Å². The topological polar surface area (TPSA) is 46.6 Å². The molecule has 0 bridgehead atoms. The van der Waals surface area contributed by atoms with Crippen molar-refractivity contribution >= 4 is 28.4 Å². The van der Waals surface area contributed by atoms with Crippen LogP contribution < -0.4 is 19.2 Å². The zero-order valence-corrected chi connectivity index (χ0v) is 13.6. The zero-order valence-electron chi connectivity index (χ0n) is 12.8. The Morgan fingerprint density at radius 2 is 1.86 bits per heavy atom. The van der Waals surface area contributed by atoms with Gasteiger partial charge in [0.25, 0.3) is 0 Å². The molecule has 1 aliphatic rings. The smallest absolute Gasteiger partial charge is 0.162 e. The molecule has 1 N–H and O–H groups in total. The number of piperidine rings is 1. The summed E-state index contributed by atoms with van der Waals surface area (Å²) in [7, 11) is 3.29. The van der Waals surface area contributed by atoms with Crippen LogP contribution in [0, 0.1) is 0 Å². The number of halogens is 1. The van der Waals surface area contributed by atoms with Crippen molar-refractivity contribution in [3.8, 4) is 11.5 Å². The van der Waals surface area contributed by atoms with E-state index in [9.17, 15) is 0 Å². The lowest BCUT2D eigenvalue weighted by molar-refractivity contribution is 0.356. The van der Waals surface area contributed by atoms with Crippen LogP contribution in [0.3, 0.4) is 0 Å². The van der Waals surface area contributed by atoms with Crippen LogP contribution in [0.1, 0.15) is 12.8 Å². The van der Waals surface area contributed by atoms with Gasteiger partial charge in [0, 0.05) is 42.5 Å². The molecule has 1 saturated heterocycles. The van der Waals surface area contributed by atoms with Crippen LogP contribution in [0.15, 0.2) is 24.4 Å². The average molecular weight is 322 g/mol. The van der Waals surface area contributed by atoms with E-state index in [4.69, 9.17) is 21.3 Å². The molecule has 0 spiro atoms. The third kappa shape index (κ3) is 2.78. The Bertz CT molecular complexity index is 657. The highest BCUT2D eigenvalue weighted by molar-refractivity contribution is 6.13. The second-order valence-corrected chi connectivity index (χ2v) is 5.64. The highest BCUT2D eigenvalue weighted by Crippen LogP contribution is 2.36. The van der Waals surface area contributed by atoms with Crippen molar-refractivity contribution in [1.82, 2.24) is 9.82 Å². The lowest BCUT2D eigenvalue weighted by Crippen LogP contribution is -2.39. The minimum Gasteiger partial charge on any atom is -0.493 e. The summed E-state index contributed by atoms with van der Waals surface area (Å²) in [6.07, 6.45) is 3.90. The molecule has 6 heteroatoms. The van der Waals surface area contributed by atoms with E-state index >= 15 is 0 Å². The molecule has 118 valence electrons. The summed E-state index contributed by atoms with van der Waals surface area (Å²) in [5, 5.41) is 1.08. The number of nitrogens with zero attached hydrogens (tertiary/aromatic N) is 2. The Morgan fingerprint density at radius 3 is 2.50 bits per heavy atom. The van der Waals surface area contributed by atoms with Gasteiger partial charge < -0.3 is 14.4 Å². The van der Waals surface area contributed by atoms with Gasteiger partial charge in [-0.2, -0.15) is 0 Å². The standard InChI is InChI=1S/C16H20ClN3O2/c1-21-15-9-12-13(10-16(15)22-2)18-6-3-14(12)20-7-4-11(19-17)5-8-20/h3,6,9-11,19H,4-5,7-8H2,1-2H3. The third-order valence-electron chi connectivity index (χ3n) is 4.21. The number of anilines is 1. The first kappa shape index (κ1) is 15.2. The van der Waals surface area contributed by atoms with Crippen molar-refractivity contribution in [1.29, 1.82) is 0 Å². The van der Waals surface area contributed by atoms with Gasteiger partial charge in [-0.05, 0) is 36.8 Å². The first-order chi connectivity index (χ1) is 10.8. The number of aromatic nitrogens is 1. The van der Waals surface area contributed by atoms with Gasteiger partial charge in [-0.25, -0.2) is 4.84 Å². The van der Waals surface area contributed by atoms with Crippen LogP contribution in [0.25, 0.3) is 10.9 Å². The summed E-state index contributed by atoms with van der Waals surface area (Å²) in [5.41, 5.74) is 2.09. The SMILES string of the molecule is COc1cc2nccc(N3CCC(NCl)CC3)c2cc1OC. The number of methoxy groups -OCH3 is 2. The Labute approximate surface area is 135 Å². The van der Waals surface area contributed by atoms with E-state index in [1.807, 2.05) is 18.3 Å². The molecule has 0 atom stereocenters. The number of nitrogens with one attached hydrogen (secondary N) is 1. The van der Waals surface area contributed by atoms with Crippen LogP contribution in [-0.4, -0.2) is 38.3 Å². The monoisotopic (exact) mass is 321 g/mol. The molecule has 3 rings (SSSR count). The third-order valence-corrected chi connectivity index (χ3v) is 4.52. The Kier molecular flexibility index (Phi) is 4.55. The predicted octanol–water partition coefficient (Wildman–Crippen LogP) is 2.96. The second-order valence-electron chi connectivity index (χ2n) is 5.42. The highest BCUT2D eigenvalue weighted by Gasteiger charge is 2.20. The zero-order chi connectivity index (χ0) is 15.5. The van der Waals surface area contributed by atoms with E-state index in [2.05, 4.69) is 20.8 Å². The van der Waals surface area contributed by atoms with Crippen LogP contribution in [0.5, 0.6) is 11.5 Å². The van der Waals surface area contributed by atoms with Crippen LogP contribution in [-0.2, 0) is 0 Å². The van der Waals surface area contributed by atoms with E-state index in [-0.39, 0.29) is 0 Å². The maximum Gasteiger partial charge on any atom is 0.162 e. The molecule has 0 amide bonds. The number of hydrogen-bond acceptors (Lipinski definition) is 5. The van der Waals surface area contributed by atoms with Crippen LogP contribution in [0.2, 0.25) is 0 Å². The highest BCUT2D eigenvalue weighted by atomic mass is 35.5. The number of hydrogen-bond donors (Lipinski definition) is 1. The fourth-order valence-electron chi connectivity index (χ4n) is 2.96. The predicted molar refractivity (Wildman–Crippen MR) is 89.1 cm³/mol. The van der Waals surface area contributed by atoms with E-state index in [1.54, 1.807) is 14.2 Å². The summed E-state index contributed by atoms with van der Waals surface area (Å²) >= 11 is 5.73. The molecule has 22 heavy (non-hydrogen) atoms. The maximum absolute atomic E-state index is 5.73. The van der Waals surface area contributed by atoms with Gasteiger partial charge >= 0.3 is 0 Å². The summed E-state index contributed by atoms with van der Waals surface area (Å²) in [6.45, 7) is 1.94. The fraction of sp³-hybridized carbons (Fsp3) is 0.438. The van der Waals surface area contributed by atoms with Crippen molar-refractivity contribution in [2.24, 2.45) is 0 Å². The number of benzene rings is 1. The largest absolute Gasteiger partial charge is 0.493 e. The molecule has 2 heterocycles. The van der Waals surface area contributed by atoms with Gasteiger partial charge in [-0.15, -0.1) is 0 Å². The quantitative estimate of drug-likeness (QED) is 0.877. The summed E-state index contributed by atoms with van der Waals surface area (Å²) in [4.78, 5) is 9.67. The Hall–Kier alpha value is -1.72. The molecule has 1 fully saturated rings. The molecule has 1 aromatic heterocycles. The van der Waals surface area contributed by atoms with Gasteiger partial charge in [-0.3, -0.25) is 4.98 Å². The lowest BCUT2D eigenvalue weighted by Gasteiger charge is -2.33. The number of ether oxygens (including phenoxy) is 2. The summed E-state index contributed by atoms with van der Waals surface area (Å²) in [5.74, 6) is 1.42. The van der Waals surface area contributed by atoms with Crippen molar-refractivity contribution in [2.75, 3.05) is 32.2 Å². The van der Waals surface area contributed by atoms with E-state index in [0.29, 0.717) is 11.8 Å². The molecule has 1 aliphatic heterocycles. The molecule has 5 nitrogen and oxygen atoms in total. The average Bonchev–Trinajstić information content (AvgIpc) is 2.60. The summed E-state index contributed by atoms with van der Waals surface area (Å²) < 4.78 is 10.8. The van der Waals surface area contributed by atoms with Gasteiger partial charge in [0.1, 0.15) is 0 Å². The van der Waals surface area contributed by atoms with Crippen molar-refractivity contribution < 1.29 is 9.47 Å². The minimum atomic E-state index is 0.389. The summed E-state index contributed by atoms with van der Waals surface area (Å²) in [6, 6.07) is 6.37. The number of fused-ring (bicyclic) bond motifs is 1. The first-order valence-electron chi connectivity index (χ1n) is 7.38. The van der Waals surface area contributed by atoms with E-state index in [0.717, 1.165) is 42.6 Å². The number of rotatable bonds is 4. The van der Waals surface area contributed by atoms with E-state index in [1.165, 1.54) is 5.69 Å². The van der Waals surface area contributed by atoms with Crippen molar-refractivity contribution in [3.63, 3.8) is 0 Å². The van der Waals surface area contributed by atoms with Crippen LogP contribution >= 0.6 is 11.8 Å². The molecule has 0 unspecified atom stereocenters. The van der Waals surface area contributed by atoms with E-state index < -0.39 is 0 Å². The Morgan fingerprint density at radius 1 is 1.18 bits per heavy atom. The Balaban J connectivity index is 1.99. The molecule has 0 radical (unpaired) electrons. The van der Waals surface area contributed by atoms with Gasteiger partial charge in [0.15, 0.2) is 11.5 Å². The lowest BCUT2D eigenvalue weighted by atomic mass is 10.0. The van der Waals surface area contributed by atoms with Crippen molar-refractivity contribution in [3.05, 3.63) is 24.4 Å². The molecular formula is C16H20ClN3O2. The second kappa shape index (κ2) is 6.58. The minimum absolute atomic E-state index is 0.389. The first-order valence-corrected chi connectivity index (χ1v) is 7.76. The van der Waals surface area contributed by atoms with Crippen molar-refractivity contribution in [2.45, 2.75) is 18.9 Å². The van der Waals surface area contributed by atoms with Gasteiger partial charge in [-0.1, -0.05) is 0 Å². The molecular weight excluding hydrogens is 302 g/mol. The molecule has 1 aromatic carbocycles. The number of pyridine rings is 1.